The molecule has 0 aliphatic carbocycles. The second kappa shape index (κ2) is 3.79. The van der Waals surface area contributed by atoms with Gasteiger partial charge in [0.05, 0.1) is 6.61 Å². The van der Waals surface area contributed by atoms with E-state index < -0.39 is 37.8 Å². The molecule has 0 saturated carbocycles. The Morgan fingerprint density at radius 1 is 1.40 bits per heavy atom. The molecule has 1 aliphatic rings. The van der Waals surface area contributed by atoms with Gasteiger partial charge in [-0.1, -0.05) is 0 Å². The highest BCUT2D eigenvalue weighted by atomic mass is 32.3. The van der Waals surface area contributed by atoms with Gasteiger partial charge in [0.25, 0.3) is 10.1 Å². The van der Waals surface area contributed by atoms with Gasteiger partial charge in [-0.05, 0) is 22.8 Å². The Kier molecular flexibility index (Phi) is 3.30. The molecule has 0 N–H and O–H groups in total. The van der Waals surface area contributed by atoms with Gasteiger partial charge in [-0.2, -0.15) is 21.6 Å². The Morgan fingerprint density at radius 2 is 1.93 bits per heavy atom. The molecule has 15 heavy (non-hydrogen) atoms. The van der Waals surface area contributed by atoms with Gasteiger partial charge in [0.1, 0.15) is 11.9 Å². The zero-order chi connectivity index (χ0) is 11.9. The first-order valence-corrected chi connectivity index (χ1v) is 7.84. The van der Waals surface area contributed by atoms with Crippen molar-refractivity contribution in [2.75, 3.05) is 24.9 Å². The zero-order valence-corrected chi connectivity index (χ0v) is 9.71. The van der Waals surface area contributed by atoms with Gasteiger partial charge < -0.3 is 4.18 Å². The summed E-state index contributed by atoms with van der Waals surface area (Å²) in [4.78, 5) is 0. The summed E-state index contributed by atoms with van der Waals surface area (Å²) in [6.45, 7) is -0.338. The minimum absolute atomic E-state index is 0.338. The van der Waals surface area contributed by atoms with Crippen molar-refractivity contribution in [3.05, 3.63) is 0 Å². The first kappa shape index (κ1) is 13.1. The molecule has 0 spiro atoms. The number of hydrogen-bond acceptors (Lipinski definition) is 4. The summed E-state index contributed by atoms with van der Waals surface area (Å²) in [5.41, 5.74) is -4.46. The second-order valence-electron chi connectivity index (χ2n) is 3.41. The molecule has 0 aromatic carbocycles. The molecular formula is C6H11F3O4S2. The van der Waals surface area contributed by atoms with Gasteiger partial charge >= 0.3 is 5.51 Å². The van der Waals surface area contributed by atoms with Crippen LogP contribution in [0.4, 0.5) is 13.2 Å². The first-order chi connectivity index (χ1) is 6.54. The maximum atomic E-state index is 12.4. The molecule has 1 unspecified atom stereocenters. The van der Waals surface area contributed by atoms with E-state index in [1.807, 2.05) is 0 Å². The summed E-state index contributed by atoms with van der Waals surface area (Å²) in [6.07, 6.45) is 0.831. The maximum Gasteiger partial charge on any atom is 0.446 e. The van der Waals surface area contributed by atoms with Crippen molar-refractivity contribution >= 4 is 20.4 Å². The average molecular weight is 268 g/mol. The highest BCUT2D eigenvalue weighted by Crippen LogP contribution is 2.58. The highest BCUT2D eigenvalue weighted by Gasteiger charge is 2.47. The van der Waals surface area contributed by atoms with Crippen LogP contribution in [0.5, 0.6) is 0 Å². The maximum absolute atomic E-state index is 12.4. The predicted octanol–water partition coefficient (Wildman–Crippen LogP) is 1.23. The van der Waals surface area contributed by atoms with E-state index in [9.17, 15) is 21.6 Å². The van der Waals surface area contributed by atoms with Gasteiger partial charge in [0.2, 0.25) is 0 Å². The molecule has 1 aliphatic heterocycles. The van der Waals surface area contributed by atoms with E-state index in [2.05, 4.69) is 4.18 Å². The van der Waals surface area contributed by atoms with Crippen molar-refractivity contribution in [3.8, 4) is 0 Å². The van der Waals surface area contributed by atoms with Crippen LogP contribution in [-0.4, -0.2) is 44.9 Å². The molecule has 0 bridgehead atoms. The van der Waals surface area contributed by atoms with E-state index >= 15 is 0 Å². The number of halogens is 3. The van der Waals surface area contributed by atoms with Crippen LogP contribution in [0.15, 0.2) is 0 Å². The summed E-state index contributed by atoms with van der Waals surface area (Å²) in [7, 11) is -6.97. The van der Waals surface area contributed by atoms with E-state index in [4.69, 9.17) is 4.18 Å². The molecule has 9 heteroatoms. The van der Waals surface area contributed by atoms with Crippen LogP contribution in [0.1, 0.15) is 0 Å². The van der Waals surface area contributed by atoms with E-state index in [1.54, 1.807) is 0 Å². The molecule has 1 heterocycles. The van der Waals surface area contributed by atoms with Gasteiger partial charge in [-0.25, -0.2) is 0 Å². The van der Waals surface area contributed by atoms with Crippen LogP contribution in [0.25, 0.3) is 0 Å². The molecule has 4 nitrogen and oxygen atoms in total. The molecule has 1 saturated heterocycles. The van der Waals surface area contributed by atoms with Crippen LogP contribution in [0, 0.1) is 0 Å². The molecule has 0 radical (unpaired) electrons. The van der Waals surface area contributed by atoms with E-state index in [0.717, 1.165) is 12.5 Å². The third kappa shape index (κ3) is 3.23. The lowest BCUT2D eigenvalue weighted by Crippen LogP contribution is -2.27. The Balaban J connectivity index is 2.65. The fourth-order valence-corrected chi connectivity index (χ4v) is 3.03. The Hall–Kier alpha value is 0.01000. The largest absolute Gasteiger partial charge is 0.446 e. The quantitative estimate of drug-likeness (QED) is 0.707. The third-order valence-electron chi connectivity index (χ3n) is 1.76. The van der Waals surface area contributed by atoms with Gasteiger partial charge in [-0.15, -0.1) is 0 Å². The standard InChI is InChI=1S/C6H11F3O4S2/c1-14(2,6(7,8)9)13-5-3-12-15(10,11)4-5/h5H,3-4H2,1-2H3. The molecular weight excluding hydrogens is 257 g/mol. The van der Waals surface area contributed by atoms with Crippen molar-refractivity contribution in [2.45, 2.75) is 11.6 Å². The fraction of sp³-hybridized carbons (Fsp3) is 1.00. The average Bonchev–Trinajstić information content (AvgIpc) is 2.26. The lowest BCUT2D eigenvalue weighted by Gasteiger charge is -2.34. The van der Waals surface area contributed by atoms with Gasteiger partial charge in [0, 0.05) is 0 Å². The lowest BCUT2D eigenvalue weighted by molar-refractivity contribution is -0.0483. The predicted molar refractivity (Wildman–Crippen MR) is 50.1 cm³/mol. The fourth-order valence-electron chi connectivity index (χ4n) is 0.954. The van der Waals surface area contributed by atoms with Crippen molar-refractivity contribution in [3.63, 3.8) is 0 Å². The highest BCUT2D eigenvalue weighted by molar-refractivity contribution is 8.29. The summed E-state index contributed by atoms with van der Waals surface area (Å²) in [6, 6.07) is 0. The third-order valence-corrected chi connectivity index (χ3v) is 4.90. The Morgan fingerprint density at radius 3 is 2.27 bits per heavy atom. The molecule has 0 aromatic rings. The number of rotatable bonds is 2. The number of alkyl halides is 3. The second-order valence-corrected chi connectivity index (χ2v) is 8.21. The monoisotopic (exact) mass is 268 g/mol. The minimum atomic E-state index is -4.46. The molecule has 0 aromatic heterocycles. The van der Waals surface area contributed by atoms with Crippen LogP contribution >= 0.6 is 10.3 Å². The van der Waals surface area contributed by atoms with Crippen LogP contribution in [0.2, 0.25) is 0 Å². The van der Waals surface area contributed by atoms with Crippen LogP contribution in [0.3, 0.4) is 0 Å². The SMILES string of the molecule is CS(C)(OC1COS(=O)(=O)C1)C(F)(F)F. The zero-order valence-electron chi connectivity index (χ0n) is 8.07. The van der Waals surface area contributed by atoms with E-state index in [-0.39, 0.29) is 6.61 Å². The summed E-state index contributed by atoms with van der Waals surface area (Å²) < 4.78 is 67.9. The first-order valence-electron chi connectivity index (χ1n) is 3.88. The Labute approximate surface area is 87.4 Å². The van der Waals surface area contributed by atoms with Gasteiger partial charge in [-0.3, -0.25) is 4.18 Å². The van der Waals surface area contributed by atoms with Crippen molar-refractivity contribution in [1.29, 1.82) is 0 Å². The van der Waals surface area contributed by atoms with Crippen molar-refractivity contribution < 1.29 is 30.0 Å². The summed E-state index contributed by atoms with van der Waals surface area (Å²) in [5.74, 6) is -0.514. The molecule has 0 amide bonds. The lowest BCUT2D eigenvalue weighted by atomic mass is 10.5. The normalized spacial score (nSPS) is 27.9. The molecule has 1 rings (SSSR count). The van der Waals surface area contributed by atoms with E-state index in [1.165, 1.54) is 0 Å². The van der Waals surface area contributed by atoms with Crippen LogP contribution in [-0.2, 0) is 18.5 Å². The minimum Gasteiger partial charge on any atom is -0.322 e. The smallest absolute Gasteiger partial charge is 0.322 e. The van der Waals surface area contributed by atoms with Crippen LogP contribution < -0.4 is 0 Å². The number of hydrogen-bond donors (Lipinski definition) is 0. The van der Waals surface area contributed by atoms with E-state index in [0.29, 0.717) is 0 Å². The van der Waals surface area contributed by atoms with Crippen molar-refractivity contribution in [1.82, 2.24) is 0 Å². The topological polar surface area (TPSA) is 52.6 Å². The molecule has 1 fully saturated rings. The summed E-state index contributed by atoms with van der Waals surface area (Å²) >= 11 is 0. The van der Waals surface area contributed by atoms with Gasteiger partial charge in [0.15, 0.2) is 0 Å². The molecule has 92 valence electrons. The van der Waals surface area contributed by atoms with Crippen molar-refractivity contribution in [2.24, 2.45) is 0 Å². The Bertz CT molecular complexity index is 335. The molecule has 1 atom stereocenters. The summed E-state index contributed by atoms with van der Waals surface area (Å²) in [5, 5.41) is 0.